The van der Waals surface area contributed by atoms with Crippen LogP contribution in [0.25, 0.3) is 0 Å². The molecule has 2 rings (SSSR count). The molecule has 6 heteroatoms. The lowest BCUT2D eigenvalue weighted by molar-refractivity contribution is -0.141. The van der Waals surface area contributed by atoms with Crippen LogP contribution in [0.15, 0.2) is 6.20 Å². The Morgan fingerprint density at radius 1 is 1.56 bits per heavy atom. The number of carboxylic acid groups (broad SMARTS) is 1. The molecule has 1 aromatic rings. The predicted molar refractivity (Wildman–Crippen MR) is 64.2 cm³/mol. The molecule has 1 heterocycles. The number of hydrogen-bond acceptors (Lipinski definition) is 3. The van der Waals surface area contributed by atoms with E-state index in [1.54, 1.807) is 31.8 Å². The van der Waals surface area contributed by atoms with Gasteiger partial charge >= 0.3 is 5.97 Å². The highest BCUT2D eigenvalue weighted by molar-refractivity contribution is 5.97. The average molecular weight is 251 g/mol. The van der Waals surface area contributed by atoms with Gasteiger partial charge in [-0.2, -0.15) is 5.10 Å². The fourth-order valence-electron chi connectivity index (χ4n) is 2.08. The molecule has 0 aromatic carbocycles. The van der Waals surface area contributed by atoms with Gasteiger partial charge in [0.2, 0.25) is 0 Å². The van der Waals surface area contributed by atoms with Crippen LogP contribution in [-0.2, 0) is 11.8 Å². The molecule has 98 valence electrons. The lowest BCUT2D eigenvalue weighted by Crippen LogP contribution is -2.44. The second-order valence-corrected chi connectivity index (χ2v) is 4.76. The van der Waals surface area contributed by atoms with Gasteiger partial charge < -0.3 is 10.0 Å². The number of carboxylic acids is 1. The summed E-state index contributed by atoms with van der Waals surface area (Å²) in [6.07, 6.45) is 3.40. The van der Waals surface area contributed by atoms with Gasteiger partial charge in [-0.25, -0.2) is 4.79 Å². The first kappa shape index (κ1) is 12.6. The number of carbonyl (C=O) groups excluding carboxylic acids is 1. The van der Waals surface area contributed by atoms with Crippen LogP contribution in [0.1, 0.15) is 35.8 Å². The average Bonchev–Trinajstić information content (AvgIpc) is 3.04. The van der Waals surface area contributed by atoms with Gasteiger partial charge in [-0.15, -0.1) is 0 Å². The zero-order valence-electron chi connectivity index (χ0n) is 10.8. The molecule has 1 saturated carbocycles. The van der Waals surface area contributed by atoms with Crippen molar-refractivity contribution in [3.8, 4) is 0 Å². The van der Waals surface area contributed by atoms with Crippen molar-refractivity contribution in [2.24, 2.45) is 7.05 Å². The lowest BCUT2D eigenvalue weighted by Gasteiger charge is -2.26. The summed E-state index contributed by atoms with van der Waals surface area (Å²) < 4.78 is 1.57. The fourth-order valence-corrected chi connectivity index (χ4v) is 2.08. The number of carbonyl (C=O) groups is 2. The summed E-state index contributed by atoms with van der Waals surface area (Å²) in [6.45, 7) is 3.30. The Morgan fingerprint density at radius 3 is 2.56 bits per heavy atom. The van der Waals surface area contributed by atoms with E-state index >= 15 is 0 Å². The molecule has 1 aliphatic rings. The molecule has 0 radical (unpaired) electrons. The molecule has 1 fully saturated rings. The number of aromatic nitrogens is 2. The van der Waals surface area contributed by atoms with E-state index in [0.717, 1.165) is 12.8 Å². The molecule has 1 amide bonds. The van der Waals surface area contributed by atoms with Crippen molar-refractivity contribution in [3.05, 3.63) is 17.5 Å². The number of aryl methyl sites for hydroxylation is 2. The standard InChI is InChI=1S/C12H17N3O3/c1-7-10(6-14(3)13-7)11(16)15(9-4-5-9)8(2)12(17)18/h6,8-9H,4-5H2,1-3H3,(H,17,18). The van der Waals surface area contributed by atoms with Crippen LogP contribution in [0.2, 0.25) is 0 Å². The van der Waals surface area contributed by atoms with Crippen molar-refractivity contribution in [1.29, 1.82) is 0 Å². The van der Waals surface area contributed by atoms with Crippen molar-refractivity contribution in [2.75, 3.05) is 0 Å². The van der Waals surface area contributed by atoms with Crippen molar-refractivity contribution in [2.45, 2.75) is 38.8 Å². The van der Waals surface area contributed by atoms with Gasteiger partial charge in [0, 0.05) is 19.3 Å². The van der Waals surface area contributed by atoms with Crippen LogP contribution in [-0.4, -0.2) is 43.7 Å². The molecular formula is C12H17N3O3. The normalized spacial score (nSPS) is 16.4. The highest BCUT2D eigenvalue weighted by atomic mass is 16.4. The molecule has 6 nitrogen and oxygen atoms in total. The van der Waals surface area contributed by atoms with E-state index in [0.29, 0.717) is 11.3 Å². The molecule has 1 N–H and O–H groups in total. The fraction of sp³-hybridized carbons (Fsp3) is 0.583. The van der Waals surface area contributed by atoms with Crippen molar-refractivity contribution in [3.63, 3.8) is 0 Å². The van der Waals surface area contributed by atoms with E-state index in [9.17, 15) is 9.59 Å². The molecule has 1 unspecified atom stereocenters. The Bertz CT molecular complexity index is 491. The van der Waals surface area contributed by atoms with Crippen LogP contribution in [0.5, 0.6) is 0 Å². The number of amides is 1. The van der Waals surface area contributed by atoms with Crippen molar-refractivity contribution >= 4 is 11.9 Å². The summed E-state index contributed by atoms with van der Waals surface area (Å²) in [4.78, 5) is 25.0. The summed E-state index contributed by atoms with van der Waals surface area (Å²) in [5.41, 5.74) is 1.11. The van der Waals surface area contributed by atoms with Gasteiger partial charge in [0.25, 0.3) is 5.91 Å². The Balaban J connectivity index is 2.29. The Labute approximate surface area is 105 Å². The highest BCUT2D eigenvalue weighted by Crippen LogP contribution is 2.30. The first-order valence-corrected chi connectivity index (χ1v) is 5.97. The van der Waals surface area contributed by atoms with E-state index in [2.05, 4.69) is 5.10 Å². The van der Waals surface area contributed by atoms with Gasteiger partial charge in [0.05, 0.1) is 11.3 Å². The largest absolute Gasteiger partial charge is 0.480 e. The SMILES string of the molecule is Cc1nn(C)cc1C(=O)N(C1CC1)C(C)C(=O)O. The maximum Gasteiger partial charge on any atom is 0.326 e. The van der Waals surface area contributed by atoms with Gasteiger partial charge in [0.15, 0.2) is 0 Å². The molecule has 1 atom stereocenters. The van der Waals surface area contributed by atoms with Crippen LogP contribution in [0, 0.1) is 6.92 Å². The minimum absolute atomic E-state index is 0.0585. The van der Waals surface area contributed by atoms with E-state index in [1.807, 2.05) is 0 Å². The first-order valence-electron chi connectivity index (χ1n) is 5.97. The van der Waals surface area contributed by atoms with Crippen molar-refractivity contribution < 1.29 is 14.7 Å². The highest BCUT2D eigenvalue weighted by Gasteiger charge is 2.39. The molecule has 1 aromatic heterocycles. The molecule has 18 heavy (non-hydrogen) atoms. The molecule has 0 saturated heterocycles. The smallest absolute Gasteiger partial charge is 0.326 e. The van der Waals surface area contributed by atoms with Crippen LogP contribution >= 0.6 is 0 Å². The first-order chi connectivity index (χ1) is 8.41. The lowest BCUT2D eigenvalue weighted by atomic mass is 10.2. The second kappa shape index (κ2) is 4.44. The number of nitrogens with zero attached hydrogens (tertiary/aromatic N) is 3. The van der Waals surface area contributed by atoms with Crippen molar-refractivity contribution in [1.82, 2.24) is 14.7 Å². The predicted octanol–water partition coefficient (Wildman–Crippen LogP) is 0.806. The molecule has 0 aliphatic heterocycles. The third kappa shape index (κ3) is 2.23. The van der Waals surface area contributed by atoms with E-state index in [-0.39, 0.29) is 11.9 Å². The van der Waals surface area contributed by atoms with Gasteiger partial charge in [-0.05, 0) is 26.7 Å². The topological polar surface area (TPSA) is 75.4 Å². The molecular weight excluding hydrogens is 234 g/mol. The summed E-state index contributed by atoms with van der Waals surface area (Å²) >= 11 is 0. The summed E-state index contributed by atoms with van der Waals surface area (Å²) in [7, 11) is 1.74. The monoisotopic (exact) mass is 251 g/mol. The Hall–Kier alpha value is -1.85. The second-order valence-electron chi connectivity index (χ2n) is 4.76. The van der Waals surface area contributed by atoms with Crippen LogP contribution < -0.4 is 0 Å². The van der Waals surface area contributed by atoms with Crippen LogP contribution in [0.3, 0.4) is 0 Å². The third-order valence-corrected chi connectivity index (χ3v) is 3.19. The Kier molecular flexibility index (Phi) is 3.11. The summed E-state index contributed by atoms with van der Waals surface area (Å²) in [5.74, 6) is -1.21. The molecule has 0 bridgehead atoms. The third-order valence-electron chi connectivity index (χ3n) is 3.19. The minimum Gasteiger partial charge on any atom is -0.480 e. The maximum atomic E-state index is 12.4. The summed E-state index contributed by atoms with van der Waals surface area (Å²) in [6, 6.07) is -0.743. The van der Waals surface area contributed by atoms with Gasteiger partial charge in [-0.1, -0.05) is 0 Å². The van der Waals surface area contributed by atoms with Crippen LogP contribution in [0.4, 0.5) is 0 Å². The number of hydrogen-bond donors (Lipinski definition) is 1. The van der Waals surface area contributed by atoms with Gasteiger partial charge in [0.1, 0.15) is 6.04 Å². The van der Waals surface area contributed by atoms with E-state index in [4.69, 9.17) is 5.11 Å². The molecule has 0 spiro atoms. The van der Waals surface area contributed by atoms with E-state index in [1.165, 1.54) is 4.90 Å². The molecule has 1 aliphatic carbocycles. The zero-order chi connectivity index (χ0) is 13.4. The maximum absolute atomic E-state index is 12.4. The Morgan fingerprint density at radius 2 is 2.17 bits per heavy atom. The number of aliphatic carboxylic acids is 1. The minimum atomic E-state index is -0.975. The quantitative estimate of drug-likeness (QED) is 0.859. The number of rotatable bonds is 4. The zero-order valence-corrected chi connectivity index (χ0v) is 10.8. The van der Waals surface area contributed by atoms with Gasteiger partial charge in [-0.3, -0.25) is 9.48 Å². The summed E-state index contributed by atoms with van der Waals surface area (Å²) in [5, 5.41) is 13.2. The van der Waals surface area contributed by atoms with E-state index < -0.39 is 12.0 Å².